The molecule has 6 heteroatoms. The summed E-state index contributed by atoms with van der Waals surface area (Å²) in [5.74, 6) is -0.491. The van der Waals surface area contributed by atoms with Crippen LogP contribution >= 0.6 is 0 Å². The van der Waals surface area contributed by atoms with Gasteiger partial charge in [0.25, 0.3) is 5.91 Å². The molecule has 2 N–H and O–H groups in total. The van der Waals surface area contributed by atoms with E-state index < -0.39 is 0 Å². The normalized spacial score (nSPS) is 9.67. The summed E-state index contributed by atoms with van der Waals surface area (Å²) in [6.07, 6.45) is 1.82. The van der Waals surface area contributed by atoms with Gasteiger partial charge in [0.05, 0.1) is 13.5 Å². The fraction of sp³-hybridized carbons (Fsp3) is 0.417. The molecule has 0 fully saturated rings. The number of esters is 1. The zero-order valence-electron chi connectivity index (χ0n) is 10.5. The maximum absolute atomic E-state index is 11.5. The topological polar surface area (TPSA) is 80.3 Å². The standard InChI is InChI=1S/C12H17N3O3/c1-3-13-12(17)10-8-9(4-6-15-10)14-7-5-11(16)18-2/h4,6,8H,3,5,7H2,1-2H3,(H,13,17)(H,14,15). The Kier molecular flexibility index (Phi) is 5.63. The van der Waals surface area contributed by atoms with Crippen LogP contribution in [0.4, 0.5) is 5.69 Å². The number of rotatable bonds is 6. The zero-order valence-corrected chi connectivity index (χ0v) is 10.5. The highest BCUT2D eigenvalue weighted by molar-refractivity contribution is 5.93. The number of aromatic nitrogens is 1. The molecule has 0 spiro atoms. The van der Waals surface area contributed by atoms with E-state index in [0.717, 1.165) is 5.69 Å². The first-order valence-corrected chi connectivity index (χ1v) is 5.72. The van der Waals surface area contributed by atoms with Crippen molar-refractivity contribution in [2.24, 2.45) is 0 Å². The summed E-state index contributed by atoms with van der Waals surface area (Å²) in [5, 5.41) is 5.70. The zero-order chi connectivity index (χ0) is 13.4. The van der Waals surface area contributed by atoms with Crippen molar-refractivity contribution in [2.45, 2.75) is 13.3 Å². The smallest absolute Gasteiger partial charge is 0.307 e. The van der Waals surface area contributed by atoms with E-state index in [1.807, 2.05) is 6.92 Å². The highest BCUT2D eigenvalue weighted by Gasteiger charge is 2.06. The Morgan fingerprint density at radius 1 is 1.44 bits per heavy atom. The Morgan fingerprint density at radius 2 is 2.22 bits per heavy atom. The first-order valence-electron chi connectivity index (χ1n) is 5.72. The molecule has 1 amide bonds. The lowest BCUT2D eigenvalue weighted by Crippen LogP contribution is -2.23. The minimum Gasteiger partial charge on any atom is -0.469 e. The van der Waals surface area contributed by atoms with Gasteiger partial charge < -0.3 is 15.4 Å². The lowest BCUT2D eigenvalue weighted by molar-refractivity contribution is -0.140. The fourth-order valence-corrected chi connectivity index (χ4v) is 1.33. The molecule has 0 bridgehead atoms. The van der Waals surface area contributed by atoms with E-state index in [9.17, 15) is 9.59 Å². The third kappa shape index (κ3) is 4.40. The van der Waals surface area contributed by atoms with Crippen molar-refractivity contribution in [3.8, 4) is 0 Å². The second kappa shape index (κ2) is 7.26. The molecule has 1 heterocycles. The average Bonchev–Trinajstić information content (AvgIpc) is 2.39. The molecule has 18 heavy (non-hydrogen) atoms. The number of nitrogens with one attached hydrogen (secondary N) is 2. The summed E-state index contributed by atoms with van der Waals surface area (Å²) in [7, 11) is 1.35. The van der Waals surface area contributed by atoms with Gasteiger partial charge in [0.2, 0.25) is 0 Å². The van der Waals surface area contributed by atoms with Crippen molar-refractivity contribution in [3.05, 3.63) is 24.0 Å². The first kappa shape index (κ1) is 14.0. The SMILES string of the molecule is CCNC(=O)c1cc(NCCC(=O)OC)ccn1. The van der Waals surface area contributed by atoms with Gasteiger partial charge in [0.15, 0.2) is 0 Å². The van der Waals surface area contributed by atoms with Crippen molar-refractivity contribution in [1.82, 2.24) is 10.3 Å². The van der Waals surface area contributed by atoms with Crippen molar-refractivity contribution >= 4 is 17.6 Å². The number of hydrogen-bond acceptors (Lipinski definition) is 5. The maximum atomic E-state index is 11.5. The number of carbonyl (C=O) groups is 2. The molecule has 6 nitrogen and oxygen atoms in total. The number of pyridine rings is 1. The molecular weight excluding hydrogens is 234 g/mol. The molecule has 0 saturated carbocycles. The van der Waals surface area contributed by atoms with Crippen LogP contribution in [-0.4, -0.2) is 37.1 Å². The van der Waals surface area contributed by atoms with Gasteiger partial charge >= 0.3 is 5.97 Å². The van der Waals surface area contributed by atoms with Gasteiger partial charge in [-0.15, -0.1) is 0 Å². The van der Waals surface area contributed by atoms with E-state index in [0.29, 0.717) is 18.8 Å². The van der Waals surface area contributed by atoms with Gasteiger partial charge in [-0.25, -0.2) is 0 Å². The van der Waals surface area contributed by atoms with Crippen LogP contribution < -0.4 is 10.6 Å². The van der Waals surface area contributed by atoms with Gasteiger partial charge in [0, 0.05) is 25.0 Å². The van der Waals surface area contributed by atoms with E-state index in [1.165, 1.54) is 7.11 Å². The lowest BCUT2D eigenvalue weighted by Gasteiger charge is -2.07. The molecule has 0 aliphatic rings. The molecule has 1 rings (SSSR count). The first-order chi connectivity index (χ1) is 8.67. The molecule has 0 unspecified atom stereocenters. The molecule has 0 saturated heterocycles. The Morgan fingerprint density at radius 3 is 2.89 bits per heavy atom. The van der Waals surface area contributed by atoms with E-state index in [1.54, 1.807) is 18.3 Å². The molecule has 1 aromatic rings. The number of nitrogens with zero attached hydrogens (tertiary/aromatic N) is 1. The Balaban J connectivity index is 2.54. The third-order valence-corrected chi connectivity index (χ3v) is 2.22. The van der Waals surface area contributed by atoms with Crippen LogP contribution in [0.25, 0.3) is 0 Å². The summed E-state index contributed by atoms with van der Waals surface area (Å²) < 4.78 is 4.53. The summed E-state index contributed by atoms with van der Waals surface area (Å²) in [5.41, 5.74) is 1.09. The number of amides is 1. The number of methoxy groups -OCH3 is 1. The van der Waals surface area contributed by atoms with E-state index in [2.05, 4.69) is 20.4 Å². The van der Waals surface area contributed by atoms with Crippen molar-refractivity contribution < 1.29 is 14.3 Å². The number of ether oxygens (including phenoxy) is 1. The minimum atomic E-state index is -0.277. The molecular formula is C12H17N3O3. The molecule has 0 aromatic carbocycles. The van der Waals surface area contributed by atoms with Crippen LogP contribution in [0.15, 0.2) is 18.3 Å². The number of carbonyl (C=O) groups excluding carboxylic acids is 2. The average molecular weight is 251 g/mol. The Labute approximate surface area is 106 Å². The summed E-state index contributed by atoms with van der Waals surface area (Å²) in [4.78, 5) is 26.4. The van der Waals surface area contributed by atoms with Crippen LogP contribution in [0.5, 0.6) is 0 Å². The molecule has 1 aromatic heterocycles. The quantitative estimate of drug-likeness (QED) is 0.731. The summed E-state index contributed by atoms with van der Waals surface area (Å²) in [6, 6.07) is 3.38. The highest BCUT2D eigenvalue weighted by atomic mass is 16.5. The van der Waals surface area contributed by atoms with E-state index >= 15 is 0 Å². The van der Waals surface area contributed by atoms with Crippen LogP contribution in [0.2, 0.25) is 0 Å². The van der Waals surface area contributed by atoms with E-state index in [-0.39, 0.29) is 18.3 Å². The molecule has 0 radical (unpaired) electrons. The van der Waals surface area contributed by atoms with E-state index in [4.69, 9.17) is 0 Å². The number of anilines is 1. The van der Waals surface area contributed by atoms with Crippen LogP contribution in [0.3, 0.4) is 0 Å². The predicted molar refractivity (Wildman–Crippen MR) is 67.4 cm³/mol. The predicted octanol–water partition coefficient (Wildman–Crippen LogP) is 0.806. The van der Waals surface area contributed by atoms with Crippen LogP contribution in [0.1, 0.15) is 23.8 Å². The fourth-order valence-electron chi connectivity index (χ4n) is 1.33. The largest absolute Gasteiger partial charge is 0.469 e. The minimum absolute atomic E-state index is 0.214. The molecule has 98 valence electrons. The molecule has 0 aliphatic heterocycles. The molecule has 0 atom stereocenters. The summed E-state index contributed by atoms with van der Waals surface area (Å²) >= 11 is 0. The monoisotopic (exact) mass is 251 g/mol. The van der Waals surface area contributed by atoms with Crippen molar-refractivity contribution in [3.63, 3.8) is 0 Å². The lowest BCUT2D eigenvalue weighted by atomic mass is 10.3. The Hall–Kier alpha value is -2.11. The Bertz CT molecular complexity index is 421. The van der Waals surface area contributed by atoms with Gasteiger partial charge in [-0.3, -0.25) is 14.6 Å². The van der Waals surface area contributed by atoms with Crippen LogP contribution in [-0.2, 0) is 9.53 Å². The summed E-state index contributed by atoms with van der Waals surface area (Å²) in [6.45, 7) is 2.85. The van der Waals surface area contributed by atoms with Gasteiger partial charge in [0.1, 0.15) is 5.69 Å². The van der Waals surface area contributed by atoms with Crippen molar-refractivity contribution in [2.75, 3.05) is 25.5 Å². The van der Waals surface area contributed by atoms with Gasteiger partial charge in [-0.1, -0.05) is 0 Å². The number of hydrogen-bond donors (Lipinski definition) is 2. The second-order valence-electron chi connectivity index (χ2n) is 3.54. The van der Waals surface area contributed by atoms with Crippen LogP contribution in [0, 0.1) is 0 Å². The van der Waals surface area contributed by atoms with Crippen molar-refractivity contribution in [1.29, 1.82) is 0 Å². The highest BCUT2D eigenvalue weighted by Crippen LogP contribution is 2.07. The third-order valence-electron chi connectivity index (χ3n) is 2.22. The van der Waals surface area contributed by atoms with Gasteiger partial charge in [-0.05, 0) is 19.1 Å². The molecule has 0 aliphatic carbocycles. The second-order valence-corrected chi connectivity index (χ2v) is 3.54. The van der Waals surface area contributed by atoms with Gasteiger partial charge in [-0.2, -0.15) is 0 Å². The maximum Gasteiger partial charge on any atom is 0.307 e.